The molecule has 0 aromatic carbocycles. The van der Waals surface area contributed by atoms with Gasteiger partial charge in [-0.15, -0.1) is 0 Å². The third-order valence-electron chi connectivity index (χ3n) is 3.27. The van der Waals surface area contributed by atoms with Gasteiger partial charge < -0.3 is 0 Å². The Hall–Kier alpha value is 0. The second-order valence-corrected chi connectivity index (χ2v) is 4.00. The fourth-order valence-electron chi connectivity index (χ4n) is 2.50. The van der Waals surface area contributed by atoms with Crippen molar-refractivity contribution in [2.45, 2.75) is 58.8 Å². The Morgan fingerprint density at radius 3 is 2.45 bits per heavy atom. The average molecular weight is 154 g/mol. The minimum atomic E-state index is 1.08. The Balaban J connectivity index is 2.20. The molecule has 66 valence electrons. The monoisotopic (exact) mass is 154 g/mol. The Bertz CT molecular complexity index is 96.2. The van der Waals surface area contributed by atoms with E-state index in [9.17, 15) is 0 Å². The molecule has 1 fully saturated rings. The van der Waals surface area contributed by atoms with Crippen molar-refractivity contribution < 1.29 is 0 Å². The normalized spacial score (nSPS) is 31.1. The minimum Gasteiger partial charge on any atom is -0.0654 e. The molecule has 0 radical (unpaired) electrons. The van der Waals surface area contributed by atoms with Gasteiger partial charge in [-0.05, 0) is 11.8 Å². The molecule has 0 N–H and O–H groups in total. The molecule has 0 aromatic rings. The molecule has 0 spiro atoms. The van der Waals surface area contributed by atoms with Crippen LogP contribution in [0, 0.1) is 11.8 Å². The van der Waals surface area contributed by atoms with E-state index in [1.165, 1.54) is 44.9 Å². The van der Waals surface area contributed by atoms with Crippen LogP contribution >= 0.6 is 0 Å². The molecular formula is C11H22. The lowest BCUT2D eigenvalue weighted by Gasteiger charge is -2.16. The molecular weight excluding hydrogens is 132 g/mol. The first kappa shape index (κ1) is 9.09. The molecule has 1 aliphatic carbocycles. The number of hydrogen-bond donors (Lipinski definition) is 0. The molecule has 0 unspecified atom stereocenters. The Morgan fingerprint density at radius 1 is 1.09 bits per heavy atom. The van der Waals surface area contributed by atoms with Crippen LogP contribution in [0.4, 0.5) is 0 Å². The van der Waals surface area contributed by atoms with Gasteiger partial charge in [-0.25, -0.2) is 0 Å². The first-order valence-corrected chi connectivity index (χ1v) is 5.38. The fourth-order valence-corrected chi connectivity index (χ4v) is 2.50. The molecule has 0 aromatic heterocycles. The van der Waals surface area contributed by atoms with E-state index in [0.29, 0.717) is 0 Å². The van der Waals surface area contributed by atoms with Crippen LogP contribution in [-0.2, 0) is 0 Å². The molecule has 0 aliphatic heterocycles. The van der Waals surface area contributed by atoms with Gasteiger partial charge in [0.1, 0.15) is 0 Å². The van der Waals surface area contributed by atoms with Crippen LogP contribution in [0.15, 0.2) is 0 Å². The predicted molar refractivity (Wildman–Crippen MR) is 50.6 cm³/mol. The van der Waals surface area contributed by atoms with Gasteiger partial charge in [0.2, 0.25) is 0 Å². The lowest BCUT2D eigenvalue weighted by atomic mass is 9.89. The SMILES string of the molecule is CCCC[C@@H]1CCC[C@H]1CC. The highest BCUT2D eigenvalue weighted by atomic mass is 14.3. The summed E-state index contributed by atoms with van der Waals surface area (Å²) in [5.41, 5.74) is 0. The lowest BCUT2D eigenvalue weighted by Crippen LogP contribution is -2.06. The summed E-state index contributed by atoms with van der Waals surface area (Å²) in [5.74, 6) is 2.18. The van der Waals surface area contributed by atoms with Crippen molar-refractivity contribution in [2.75, 3.05) is 0 Å². The van der Waals surface area contributed by atoms with Crippen molar-refractivity contribution in [3.8, 4) is 0 Å². The van der Waals surface area contributed by atoms with Crippen molar-refractivity contribution >= 4 is 0 Å². The maximum atomic E-state index is 2.36. The minimum absolute atomic E-state index is 1.08. The van der Waals surface area contributed by atoms with E-state index in [4.69, 9.17) is 0 Å². The smallest absolute Gasteiger partial charge is 0.0386 e. The first-order valence-electron chi connectivity index (χ1n) is 5.38. The van der Waals surface area contributed by atoms with Crippen LogP contribution in [0.1, 0.15) is 58.8 Å². The van der Waals surface area contributed by atoms with Crippen molar-refractivity contribution in [3.05, 3.63) is 0 Å². The van der Waals surface area contributed by atoms with Crippen molar-refractivity contribution in [1.82, 2.24) is 0 Å². The Kier molecular flexibility index (Phi) is 3.96. The molecule has 0 heterocycles. The standard InChI is InChI=1S/C11H22/c1-3-5-7-11-9-6-8-10(11)4-2/h10-11H,3-9H2,1-2H3/t10-,11-/m1/s1. The third kappa shape index (κ3) is 2.50. The Morgan fingerprint density at radius 2 is 1.82 bits per heavy atom. The van der Waals surface area contributed by atoms with Crippen LogP contribution in [0.25, 0.3) is 0 Å². The zero-order valence-corrected chi connectivity index (χ0v) is 8.10. The molecule has 1 saturated carbocycles. The summed E-state index contributed by atoms with van der Waals surface area (Å²) in [5, 5.41) is 0. The second kappa shape index (κ2) is 4.79. The molecule has 11 heavy (non-hydrogen) atoms. The van der Waals surface area contributed by atoms with Crippen molar-refractivity contribution in [3.63, 3.8) is 0 Å². The highest BCUT2D eigenvalue weighted by Crippen LogP contribution is 2.36. The third-order valence-corrected chi connectivity index (χ3v) is 3.27. The number of hydrogen-bond acceptors (Lipinski definition) is 0. The van der Waals surface area contributed by atoms with E-state index in [1.54, 1.807) is 0 Å². The zero-order valence-electron chi connectivity index (χ0n) is 8.10. The average Bonchev–Trinajstić information content (AvgIpc) is 2.47. The lowest BCUT2D eigenvalue weighted by molar-refractivity contribution is 0.346. The first-order chi connectivity index (χ1) is 5.38. The Labute approximate surface area is 71.4 Å². The van der Waals surface area contributed by atoms with Gasteiger partial charge in [-0.1, -0.05) is 58.8 Å². The molecule has 0 nitrogen and oxygen atoms in total. The second-order valence-electron chi connectivity index (χ2n) is 4.00. The van der Waals surface area contributed by atoms with Crippen LogP contribution in [0.3, 0.4) is 0 Å². The quantitative estimate of drug-likeness (QED) is 0.574. The molecule has 0 saturated heterocycles. The van der Waals surface area contributed by atoms with E-state index in [1.807, 2.05) is 0 Å². The van der Waals surface area contributed by atoms with Crippen molar-refractivity contribution in [1.29, 1.82) is 0 Å². The zero-order chi connectivity index (χ0) is 8.10. The summed E-state index contributed by atoms with van der Waals surface area (Å²) in [6.45, 7) is 4.66. The molecule has 0 heteroatoms. The van der Waals surface area contributed by atoms with Crippen LogP contribution in [0.2, 0.25) is 0 Å². The van der Waals surface area contributed by atoms with E-state index >= 15 is 0 Å². The van der Waals surface area contributed by atoms with Gasteiger partial charge in [0.15, 0.2) is 0 Å². The predicted octanol–water partition coefficient (Wildman–Crippen LogP) is 4.00. The summed E-state index contributed by atoms with van der Waals surface area (Å²) in [6.07, 6.45) is 10.3. The molecule has 1 rings (SSSR count). The fraction of sp³-hybridized carbons (Fsp3) is 1.00. The molecule has 0 bridgehead atoms. The highest BCUT2D eigenvalue weighted by molar-refractivity contribution is 4.76. The van der Waals surface area contributed by atoms with E-state index in [2.05, 4.69) is 13.8 Å². The van der Waals surface area contributed by atoms with Crippen molar-refractivity contribution in [2.24, 2.45) is 11.8 Å². The van der Waals surface area contributed by atoms with Gasteiger partial charge in [0, 0.05) is 0 Å². The van der Waals surface area contributed by atoms with Gasteiger partial charge >= 0.3 is 0 Å². The molecule has 0 amide bonds. The summed E-state index contributed by atoms with van der Waals surface area (Å²) in [7, 11) is 0. The van der Waals surface area contributed by atoms with Gasteiger partial charge in [-0.2, -0.15) is 0 Å². The maximum Gasteiger partial charge on any atom is -0.0386 e. The van der Waals surface area contributed by atoms with Gasteiger partial charge in [0.25, 0.3) is 0 Å². The summed E-state index contributed by atoms with van der Waals surface area (Å²) >= 11 is 0. The van der Waals surface area contributed by atoms with Crippen LogP contribution in [-0.4, -0.2) is 0 Å². The van der Waals surface area contributed by atoms with Gasteiger partial charge in [0.05, 0.1) is 0 Å². The number of rotatable bonds is 4. The van der Waals surface area contributed by atoms with Crippen LogP contribution < -0.4 is 0 Å². The molecule has 2 atom stereocenters. The van der Waals surface area contributed by atoms with E-state index < -0.39 is 0 Å². The van der Waals surface area contributed by atoms with Gasteiger partial charge in [-0.3, -0.25) is 0 Å². The maximum absolute atomic E-state index is 2.36. The summed E-state index contributed by atoms with van der Waals surface area (Å²) in [6, 6.07) is 0. The summed E-state index contributed by atoms with van der Waals surface area (Å²) < 4.78 is 0. The van der Waals surface area contributed by atoms with E-state index in [0.717, 1.165) is 11.8 Å². The highest BCUT2D eigenvalue weighted by Gasteiger charge is 2.24. The van der Waals surface area contributed by atoms with Crippen LogP contribution in [0.5, 0.6) is 0 Å². The topological polar surface area (TPSA) is 0 Å². The molecule has 1 aliphatic rings. The largest absolute Gasteiger partial charge is 0.0654 e. The summed E-state index contributed by atoms with van der Waals surface area (Å²) in [4.78, 5) is 0. The number of unbranched alkanes of at least 4 members (excludes halogenated alkanes) is 1. The van der Waals surface area contributed by atoms with E-state index in [-0.39, 0.29) is 0 Å².